The first-order chi connectivity index (χ1) is 17.0. The van der Waals surface area contributed by atoms with Crippen molar-refractivity contribution in [2.75, 3.05) is 19.8 Å². The Morgan fingerprint density at radius 3 is 2.42 bits per heavy atom. The van der Waals surface area contributed by atoms with E-state index < -0.39 is 0 Å². The van der Waals surface area contributed by atoms with E-state index in [0.29, 0.717) is 43.6 Å². The number of rotatable bonds is 8. The van der Waals surface area contributed by atoms with E-state index in [0.717, 1.165) is 28.2 Å². The maximum absolute atomic E-state index is 13.3. The molecule has 0 spiro atoms. The third-order valence-corrected chi connectivity index (χ3v) is 7.68. The minimum absolute atomic E-state index is 0.0157. The van der Waals surface area contributed by atoms with Crippen LogP contribution in [0, 0.1) is 18.8 Å². The molecule has 1 amide bonds. The lowest BCUT2D eigenvalue weighted by molar-refractivity contribution is -0.00347. The monoisotopic (exact) mass is 495 g/mol. The molecule has 0 radical (unpaired) electrons. The van der Waals surface area contributed by atoms with Crippen LogP contribution < -0.4 is 10.1 Å². The number of pyridine rings is 1. The van der Waals surface area contributed by atoms with Gasteiger partial charge in [0.25, 0.3) is 5.91 Å². The van der Waals surface area contributed by atoms with Crippen molar-refractivity contribution in [3.8, 4) is 17.1 Å². The average Bonchev–Trinajstić information content (AvgIpc) is 3.16. The largest absolute Gasteiger partial charge is 0.477 e. The fraction of sp³-hybridized carbons (Fsp3) is 0.667. The van der Waals surface area contributed by atoms with Gasteiger partial charge in [-0.25, -0.2) is 4.98 Å². The van der Waals surface area contributed by atoms with E-state index in [2.05, 4.69) is 76.5 Å². The molecule has 6 heteroatoms. The maximum atomic E-state index is 13.3. The van der Waals surface area contributed by atoms with Gasteiger partial charge in [0, 0.05) is 34.5 Å². The molecule has 2 aromatic rings. The van der Waals surface area contributed by atoms with Crippen molar-refractivity contribution in [1.82, 2.24) is 14.9 Å². The van der Waals surface area contributed by atoms with E-state index in [-0.39, 0.29) is 17.4 Å². The van der Waals surface area contributed by atoms with Crippen molar-refractivity contribution in [3.63, 3.8) is 0 Å². The molecule has 2 fully saturated rings. The number of carbonyl (C=O) groups excluding carboxylic acids is 1. The smallest absolute Gasteiger partial charge is 0.253 e. The molecule has 4 rings (SSSR count). The Balaban J connectivity index is 1.81. The molecule has 1 aliphatic heterocycles. The third-order valence-electron chi connectivity index (χ3n) is 7.68. The van der Waals surface area contributed by atoms with Crippen molar-refractivity contribution < 1.29 is 14.3 Å². The molecule has 1 N–H and O–H groups in total. The number of amides is 1. The van der Waals surface area contributed by atoms with E-state index in [4.69, 9.17) is 14.5 Å². The first-order valence-electron chi connectivity index (χ1n) is 13.8. The number of hydrogen-bond acceptors (Lipinski definition) is 4. The number of nitrogens with zero attached hydrogens (tertiary/aromatic N) is 2. The third kappa shape index (κ3) is 5.96. The van der Waals surface area contributed by atoms with E-state index in [1.165, 1.54) is 32.1 Å². The van der Waals surface area contributed by atoms with Gasteiger partial charge in [-0.05, 0) is 50.7 Å². The van der Waals surface area contributed by atoms with Gasteiger partial charge in [-0.15, -0.1) is 0 Å². The highest BCUT2D eigenvalue weighted by molar-refractivity contribution is 5.97. The van der Waals surface area contributed by atoms with Crippen LogP contribution in [0.4, 0.5) is 0 Å². The van der Waals surface area contributed by atoms with Gasteiger partial charge in [0.15, 0.2) is 0 Å². The van der Waals surface area contributed by atoms with Crippen molar-refractivity contribution >= 4 is 5.91 Å². The lowest BCUT2D eigenvalue weighted by Gasteiger charge is -2.31. The minimum Gasteiger partial charge on any atom is -0.477 e. The van der Waals surface area contributed by atoms with Crippen LogP contribution >= 0.6 is 0 Å². The van der Waals surface area contributed by atoms with Crippen LogP contribution in [0.1, 0.15) is 101 Å². The van der Waals surface area contributed by atoms with Crippen molar-refractivity contribution in [2.24, 2.45) is 11.8 Å². The molecule has 1 atom stereocenters. The van der Waals surface area contributed by atoms with E-state index in [1.54, 1.807) is 0 Å². The molecule has 1 unspecified atom stereocenters. The summed E-state index contributed by atoms with van der Waals surface area (Å²) < 4.78 is 13.8. The average molecular weight is 496 g/mol. The molecule has 2 aromatic heterocycles. The predicted octanol–water partition coefficient (Wildman–Crippen LogP) is 6.46. The van der Waals surface area contributed by atoms with Crippen LogP contribution in [-0.2, 0) is 10.2 Å². The molecule has 2 aliphatic rings. The summed E-state index contributed by atoms with van der Waals surface area (Å²) in [4.78, 5) is 18.2. The predicted molar refractivity (Wildman–Crippen MR) is 145 cm³/mol. The van der Waals surface area contributed by atoms with Crippen molar-refractivity contribution in [3.05, 3.63) is 35.2 Å². The van der Waals surface area contributed by atoms with Gasteiger partial charge in [0.2, 0.25) is 5.88 Å². The molecule has 1 aliphatic carbocycles. The number of ether oxygens (including phenoxy) is 2. The Morgan fingerprint density at radius 2 is 1.83 bits per heavy atom. The summed E-state index contributed by atoms with van der Waals surface area (Å²) in [6.07, 6.45) is 6.39. The van der Waals surface area contributed by atoms with Crippen molar-refractivity contribution in [2.45, 2.75) is 98.1 Å². The summed E-state index contributed by atoms with van der Waals surface area (Å²) >= 11 is 0. The number of carbonyl (C=O) groups is 1. The van der Waals surface area contributed by atoms with Gasteiger partial charge in [-0.1, -0.05) is 53.9 Å². The first-order valence-corrected chi connectivity index (χ1v) is 13.8. The van der Waals surface area contributed by atoms with Gasteiger partial charge in [-0.3, -0.25) is 4.79 Å². The maximum Gasteiger partial charge on any atom is 0.253 e. The number of nitrogens with one attached hydrogen (secondary N) is 1. The van der Waals surface area contributed by atoms with Crippen LogP contribution in [0.15, 0.2) is 18.2 Å². The summed E-state index contributed by atoms with van der Waals surface area (Å²) in [5.41, 5.74) is 4.77. The molecule has 1 saturated heterocycles. The summed E-state index contributed by atoms with van der Waals surface area (Å²) in [7, 11) is 0. The number of hydrogen-bond donors (Lipinski definition) is 1. The summed E-state index contributed by atoms with van der Waals surface area (Å²) in [5.74, 6) is 1.66. The summed E-state index contributed by atoms with van der Waals surface area (Å²) in [6.45, 7) is 17.1. The Hall–Kier alpha value is -2.34. The normalized spacial score (nSPS) is 18.2. The van der Waals surface area contributed by atoms with Gasteiger partial charge in [-0.2, -0.15) is 0 Å². The fourth-order valence-electron chi connectivity index (χ4n) is 5.37. The SMILES string of the molecule is Cc1c(C(=O)NC2COC2)cc(-c2cc(OCC(C)C)nc(C(C)(C)C)c2)n1C(C)C1CCCCC1. The van der Waals surface area contributed by atoms with Gasteiger partial charge >= 0.3 is 0 Å². The molecule has 0 aromatic carbocycles. The van der Waals surface area contributed by atoms with Gasteiger partial charge in [0.1, 0.15) is 0 Å². The topological polar surface area (TPSA) is 65.4 Å². The molecular weight excluding hydrogens is 450 g/mol. The van der Waals surface area contributed by atoms with Gasteiger partial charge in [0.05, 0.1) is 37.1 Å². The molecular formula is C30H45N3O3. The molecule has 3 heterocycles. The summed E-state index contributed by atoms with van der Waals surface area (Å²) in [5, 5.41) is 3.15. The quantitative estimate of drug-likeness (QED) is 0.456. The Bertz CT molecular complexity index is 1060. The molecule has 0 bridgehead atoms. The highest BCUT2D eigenvalue weighted by Crippen LogP contribution is 2.39. The highest BCUT2D eigenvalue weighted by Gasteiger charge is 2.30. The lowest BCUT2D eigenvalue weighted by atomic mass is 9.84. The van der Waals surface area contributed by atoms with Crippen molar-refractivity contribution in [1.29, 1.82) is 0 Å². The second kappa shape index (κ2) is 11.0. The van der Waals surface area contributed by atoms with E-state index in [9.17, 15) is 4.79 Å². The standard InChI is InChI=1S/C30H45N3O3/c1-19(2)16-36-28-14-23(13-27(32-28)30(5,6)7)26-15-25(29(34)31-24-17-35-18-24)21(4)33(26)20(3)22-11-9-8-10-12-22/h13-15,19-20,22,24H,8-12,16-18H2,1-7H3,(H,31,34). The zero-order valence-corrected chi connectivity index (χ0v) is 23.3. The minimum atomic E-state index is -0.127. The van der Waals surface area contributed by atoms with Crippen LogP contribution in [0.25, 0.3) is 11.3 Å². The molecule has 1 saturated carbocycles. The summed E-state index contributed by atoms with van der Waals surface area (Å²) in [6, 6.07) is 6.72. The van der Waals surface area contributed by atoms with E-state index in [1.807, 2.05) is 0 Å². The fourth-order valence-corrected chi connectivity index (χ4v) is 5.37. The molecule has 36 heavy (non-hydrogen) atoms. The second-order valence-electron chi connectivity index (χ2n) is 12.3. The first kappa shape index (κ1) is 26.7. The van der Waals surface area contributed by atoms with Crippen LogP contribution in [0.2, 0.25) is 0 Å². The zero-order chi connectivity index (χ0) is 26.0. The zero-order valence-electron chi connectivity index (χ0n) is 23.3. The van der Waals surface area contributed by atoms with Gasteiger partial charge < -0.3 is 19.4 Å². The second-order valence-corrected chi connectivity index (χ2v) is 12.3. The van der Waals surface area contributed by atoms with Crippen LogP contribution in [0.5, 0.6) is 5.88 Å². The van der Waals surface area contributed by atoms with Crippen LogP contribution in [0.3, 0.4) is 0 Å². The highest BCUT2D eigenvalue weighted by atomic mass is 16.5. The van der Waals surface area contributed by atoms with E-state index >= 15 is 0 Å². The lowest BCUT2D eigenvalue weighted by Crippen LogP contribution is -2.48. The molecule has 198 valence electrons. The Labute approximate surface area is 217 Å². The number of aromatic nitrogens is 2. The Kier molecular flexibility index (Phi) is 8.13. The van der Waals surface area contributed by atoms with Crippen LogP contribution in [-0.4, -0.2) is 41.3 Å². The Morgan fingerprint density at radius 1 is 1.14 bits per heavy atom. The molecule has 6 nitrogen and oxygen atoms in total.